The third-order valence-corrected chi connectivity index (χ3v) is 4.69. The van der Waals surface area contributed by atoms with Crippen molar-refractivity contribution in [2.75, 3.05) is 13.1 Å². The number of nitrogens with two attached hydrogens (primary N) is 1. The lowest BCUT2D eigenvalue weighted by atomic mass is 10.0. The first-order valence-corrected chi connectivity index (χ1v) is 7.46. The molecular formula is C13H18N4OS. The molecule has 1 fully saturated rings. The second-order valence-corrected chi connectivity index (χ2v) is 6.21. The van der Waals surface area contributed by atoms with E-state index in [-0.39, 0.29) is 11.6 Å². The summed E-state index contributed by atoms with van der Waals surface area (Å²) in [5.41, 5.74) is 6.71. The Morgan fingerprint density at radius 1 is 1.68 bits per heavy atom. The number of rotatable bonds is 3. The predicted octanol–water partition coefficient (Wildman–Crippen LogP) is 1.15. The van der Waals surface area contributed by atoms with Crippen LogP contribution in [0.5, 0.6) is 0 Å². The predicted molar refractivity (Wildman–Crippen MR) is 77.3 cm³/mol. The molecule has 0 aliphatic carbocycles. The average Bonchev–Trinajstić information content (AvgIpc) is 2.97. The number of hydrogen-bond acceptors (Lipinski definition) is 5. The van der Waals surface area contributed by atoms with Gasteiger partial charge in [-0.05, 0) is 37.3 Å². The largest absolute Gasteiger partial charge is 0.328 e. The van der Waals surface area contributed by atoms with Gasteiger partial charge in [0.2, 0.25) is 0 Å². The van der Waals surface area contributed by atoms with Crippen LogP contribution in [-0.2, 0) is 6.54 Å². The van der Waals surface area contributed by atoms with Gasteiger partial charge in [0.1, 0.15) is 10.5 Å². The van der Waals surface area contributed by atoms with Crippen LogP contribution < -0.4 is 11.3 Å². The van der Waals surface area contributed by atoms with Crippen LogP contribution in [0.25, 0.3) is 10.2 Å². The maximum absolute atomic E-state index is 11.9. The van der Waals surface area contributed by atoms with Gasteiger partial charge in [-0.1, -0.05) is 0 Å². The molecule has 0 bridgehead atoms. The highest BCUT2D eigenvalue weighted by atomic mass is 32.1. The second-order valence-electron chi connectivity index (χ2n) is 5.29. The summed E-state index contributed by atoms with van der Waals surface area (Å²) in [6, 6.07) is 2.13. The van der Waals surface area contributed by atoms with Gasteiger partial charge >= 0.3 is 0 Å². The number of H-pyrrole nitrogens is 1. The lowest BCUT2D eigenvalue weighted by Gasteiger charge is -2.17. The van der Waals surface area contributed by atoms with Gasteiger partial charge in [0.05, 0.1) is 12.1 Å². The fraction of sp³-hybridized carbons (Fsp3) is 0.538. The molecule has 2 atom stereocenters. The van der Waals surface area contributed by atoms with Crippen LogP contribution in [0.4, 0.5) is 0 Å². The lowest BCUT2D eigenvalue weighted by molar-refractivity contribution is 0.301. The van der Waals surface area contributed by atoms with Crippen molar-refractivity contribution >= 4 is 21.6 Å². The lowest BCUT2D eigenvalue weighted by Crippen LogP contribution is -2.30. The van der Waals surface area contributed by atoms with Crippen molar-refractivity contribution in [2.24, 2.45) is 11.7 Å². The Bertz CT molecular complexity index is 633. The highest BCUT2D eigenvalue weighted by molar-refractivity contribution is 7.17. The number of fused-ring (bicyclic) bond motifs is 1. The molecule has 1 saturated heterocycles. The van der Waals surface area contributed by atoms with E-state index in [2.05, 4.69) is 21.8 Å². The Balaban J connectivity index is 1.77. The standard InChI is InChI=1S/C13H18N4OS/c1-8(14)9-2-4-17(6-9)7-11-15-10-3-5-19-12(10)13(18)16-11/h3,5,8-9H,2,4,6-7,14H2,1H3,(H,15,16,18). The van der Waals surface area contributed by atoms with Crippen LogP contribution in [0.1, 0.15) is 19.2 Å². The van der Waals surface area contributed by atoms with Gasteiger partial charge in [-0.15, -0.1) is 11.3 Å². The number of likely N-dealkylation sites (tertiary alicyclic amines) is 1. The maximum atomic E-state index is 11.9. The van der Waals surface area contributed by atoms with Gasteiger partial charge in [0, 0.05) is 12.6 Å². The van der Waals surface area contributed by atoms with E-state index >= 15 is 0 Å². The Hall–Kier alpha value is -1.24. The summed E-state index contributed by atoms with van der Waals surface area (Å²) in [6.07, 6.45) is 1.13. The van der Waals surface area contributed by atoms with E-state index in [1.54, 1.807) is 0 Å². The van der Waals surface area contributed by atoms with Crippen LogP contribution in [0.2, 0.25) is 0 Å². The summed E-state index contributed by atoms with van der Waals surface area (Å²) >= 11 is 1.43. The molecule has 2 unspecified atom stereocenters. The van der Waals surface area contributed by atoms with Crippen molar-refractivity contribution in [3.63, 3.8) is 0 Å². The summed E-state index contributed by atoms with van der Waals surface area (Å²) in [5, 5.41) is 1.90. The highest BCUT2D eigenvalue weighted by Gasteiger charge is 2.25. The van der Waals surface area contributed by atoms with Gasteiger partial charge in [0.15, 0.2) is 0 Å². The third kappa shape index (κ3) is 2.56. The number of hydrogen-bond donors (Lipinski definition) is 2. The SMILES string of the molecule is CC(N)C1CCN(Cc2nc3ccsc3c(=O)[nH]2)C1. The molecule has 1 aliphatic rings. The molecule has 5 nitrogen and oxygen atoms in total. The van der Waals surface area contributed by atoms with E-state index in [0.29, 0.717) is 17.2 Å². The van der Waals surface area contributed by atoms with Crippen molar-refractivity contribution in [2.45, 2.75) is 25.9 Å². The van der Waals surface area contributed by atoms with Gasteiger partial charge in [-0.2, -0.15) is 0 Å². The zero-order chi connectivity index (χ0) is 13.4. The molecule has 0 saturated carbocycles. The van der Waals surface area contributed by atoms with E-state index in [4.69, 9.17) is 5.73 Å². The molecule has 2 aromatic heterocycles. The summed E-state index contributed by atoms with van der Waals surface area (Å²) < 4.78 is 0.707. The minimum absolute atomic E-state index is 0.0297. The minimum atomic E-state index is -0.0297. The molecule has 102 valence electrons. The molecule has 3 heterocycles. The van der Waals surface area contributed by atoms with Crippen molar-refractivity contribution in [3.05, 3.63) is 27.6 Å². The molecule has 0 radical (unpaired) electrons. The van der Waals surface area contributed by atoms with Crippen LogP contribution in [-0.4, -0.2) is 34.0 Å². The molecule has 3 rings (SSSR count). The molecular weight excluding hydrogens is 260 g/mol. The smallest absolute Gasteiger partial charge is 0.268 e. The van der Waals surface area contributed by atoms with Crippen molar-refractivity contribution < 1.29 is 0 Å². The number of nitrogens with zero attached hydrogens (tertiary/aromatic N) is 2. The van der Waals surface area contributed by atoms with Gasteiger partial charge in [-0.25, -0.2) is 4.98 Å². The number of aromatic amines is 1. The van der Waals surface area contributed by atoms with E-state index in [9.17, 15) is 4.79 Å². The summed E-state index contributed by atoms with van der Waals surface area (Å²) in [6.45, 7) is 4.77. The van der Waals surface area contributed by atoms with Gasteiger partial charge in [-0.3, -0.25) is 9.69 Å². The monoisotopic (exact) mass is 278 g/mol. The minimum Gasteiger partial charge on any atom is -0.328 e. The average molecular weight is 278 g/mol. The first-order chi connectivity index (χ1) is 9.13. The van der Waals surface area contributed by atoms with E-state index in [1.165, 1.54) is 11.3 Å². The molecule has 0 amide bonds. The molecule has 0 spiro atoms. The Morgan fingerprint density at radius 2 is 2.53 bits per heavy atom. The Morgan fingerprint density at radius 3 is 3.26 bits per heavy atom. The zero-order valence-electron chi connectivity index (χ0n) is 10.9. The zero-order valence-corrected chi connectivity index (χ0v) is 11.7. The molecule has 0 aromatic carbocycles. The summed E-state index contributed by atoms with van der Waals surface area (Å²) in [4.78, 5) is 21.6. The highest BCUT2D eigenvalue weighted by Crippen LogP contribution is 2.20. The normalized spacial score (nSPS) is 22.1. The van der Waals surface area contributed by atoms with E-state index < -0.39 is 0 Å². The Kier molecular flexibility index (Phi) is 3.38. The number of aromatic nitrogens is 2. The molecule has 1 aliphatic heterocycles. The summed E-state index contributed by atoms with van der Waals surface area (Å²) in [7, 11) is 0. The first kappa shape index (κ1) is 12.8. The first-order valence-electron chi connectivity index (χ1n) is 6.58. The van der Waals surface area contributed by atoms with Crippen molar-refractivity contribution in [1.29, 1.82) is 0 Å². The summed E-state index contributed by atoms with van der Waals surface area (Å²) in [5.74, 6) is 1.30. The second kappa shape index (κ2) is 5.03. The molecule has 3 N–H and O–H groups in total. The Labute approximate surface area is 115 Å². The molecule has 2 aromatic rings. The van der Waals surface area contributed by atoms with Crippen LogP contribution in [0.3, 0.4) is 0 Å². The third-order valence-electron chi connectivity index (χ3n) is 3.79. The fourth-order valence-electron chi connectivity index (χ4n) is 2.64. The fourth-order valence-corrected chi connectivity index (χ4v) is 3.37. The number of nitrogens with one attached hydrogen (secondary N) is 1. The van der Waals surface area contributed by atoms with Gasteiger partial charge < -0.3 is 10.7 Å². The van der Waals surface area contributed by atoms with Crippen molar-refractivity contribution in [3.8, 4) is 0 Å². The topological polar surface area (TPSA) is 75.0 Å². The van der Waals surface area contributed by atoms with Crippen LogP contribution in [0, 0.1) is 5.92 Å². The quantitative estimate of drug-likeness (QED) is 0.883. The van der Waals surface area contributed by atoms with Gasteiger partial charge in [0.25, 0.3) is 5.56 Å². The van der Waals surface area contributed by atoms with Crippen LogP contribution >= 0.6 is 11.3 Å². The van der Waals surface area contributed by atoms with Crippen molar-refractivity contribution in [1.82, 2.24) is 14.9 Å². The number of thiophene rings is 1. The maximum Gasteiger partial charge on any atom is 0.268 e. The van der Waals surface area contributed by atoms with E-state index in [0.717, 1.165) is 30.9 Å². The molecule has 19 heavy (non-hydrogen) atoms. The van der Waals surface area contributed by atoms with Crippen LogP contribution in [0.15, 0.2) is 16.2 Å². The van der Waals surface area contributed by atoms with E-state index in [1.807, 2.05) is 11.4 Å². The molecule has 6 heteroatoms.